The Morgan fingerprint density at radius 2 is 1.81 bits per heavy atom. The molecule has 0 spiro atoms. The van der Waals surface area contributed by atoms with Crippen LogP contribution in [0.1, 0.15) is 24.2 Å². The van der Waals surface area contributed by atoms with Crippen LogP contribution < -0.4 is 9.64 Å². The molecule has 0 aromatic carbocycles. The van der Waals surface area contributed by atoms with E-state index in [4.69, 9.17) is 16.3 Å². The predicted molar refractivity (Wildman–Crippen MR) is 104 cm³/mol. The number of aromatic nitrogens is 2. The first kappa shape index (κ1) is 18.0. The number of anilines is 1. The van der Waals surface area contributed by atoms with Gasteiger partial charge in [0.05, 0.1) is 16.7 Å². The third-order valence-corrected chi connectivity index (χ3v) is 5.37. The van der Waals surface area contributed by atoms with Crippen molar-refractivity contribution in [2.24, 2.45) is 11.8 Å². The van der Waals surface area contributed by atoms with Crippen LogP contribution in [-0.4, -0.2) is 53.1 Å². The molecule has 0 N–H and O–H groups in total. The molecular weight excluding hydrogens is 364 g/mol. The van der Waals surface area contributed by atoms with Gasteiger partial charge in [-0.05, 0) is 32.0 Å². The number of pyridine rings is 2. The fourth-order valence-corrected chi connectivity index (χ4v) is 4.01. The lowest BCUT2D eigenvalue weighted by Gasteiger charge is -2.22. The van der Waals surface area contributed by atoms with Crippen LogP contribution >= 0.6 is 11.6 Å². The number of carbonyl (C=O) groups is 1. The first-order valence-corrected chi connectivity index (χ1v) is 9.66. The van der Waals surface area contributed by atoms with Crippen LogP contribution in [0.5, 0.6) is 5.88 Å². The Balaban J connectivity index is 1.37. The summed E-state index contributed by atoms with van der Waals surface area (Å²) in [4.78, 5) is 25.7. The zero-order valence-electron chi connectivity index (χ0n) is 15.5. The quantitative estimate of drug-likeness (QED) is 0.808. The smallest absolute Gasteiger partial charge is 0.255 e. The third kappa shape index (κ3) is 3.86. The maximum absolute atomic E-state index is 12.8. The molecule has 1 amide bonds. The zero-order valence-corrected chi connectivity index (χ0v) is 16.3. The van der Waals surface area contributed by atoms with Crippen LogP contribution in [0.4, 0.5) is 5.82 Å². The Labute approximate surface area is 164 Å². The molecule has 0 bridgehead atoms. The molecule has 4 rings (SSSR count). The number of likely N-dealkylation sites (tertiary alicyclic amines) is 1. The summed E-state index contributed by atoms with van der Waals surface area (Å²) >= 11 is 5.92. The lowest BCUT2D eigenvalue weighted by Crippen LogP contribution is -2.33. The van der Waals surface area contributed by atoms with E-state index in [9.17, 15) is 4.79 Å². The molecule has 0 saturated carbocycles. The van der Waals surface area contributed by atoms with Crippen LogP contribution in [0, 0.1) is 11.8 Å². The van der Waals surface area contributed by atoms with E-state index in [2.05, 4.69) is 14.9 Å². The second-order valence-electron chi connectivity index (χ2n) is 7.52. The van der Waals surface area contributed by atoms with Gasteiger partial charge in [0.25, 0.3) is 5.91 Å². The molecule has 2 aromatic rings. The molecule has 27 heavy (non-hydrogen) atoms. The highest BCUT2D eigenvalue weighted by Crippen LogP contribution is 2.34. The maximum atomic E-state index is 12.8. The molecule has 2 saturated heterocycles. The molecule has 0 radical (unpaired) electrons. The number of fused-ring (bicyclic) bond motifs is 1. The molecule has 2 aliphatic heterocycles. The fraction of sp³-hybridized carbons (Fsp3) is 0.450. The summed E-state index contributed by atoms with van der Waals surface area (Å²) in [5.41, 5.74) is 0.613. The summed E-state index contributed by atoms with van der Waals surface area (Å²) in [6.07, 6.45) is 3.36. The molecule has 142 valence electrons. The van der Waals surface area contributed by atoms with E-state index in [-0.39, 0.29) is 12.0 Å². The van der Waals surface area contributed by atoms with Gasteiger partial charge in [-0.2, -0.15) is 0 Å². The van der Waals surface area contributed by atoms with Crippen molar-refractivity contribution in [1.29, 1.82) is 0 Å². The van der Waals surface area contributed by atoms with Crippen molar-refractivity contribution in [2.45, 2.75) is 20.0 Å². The van der Waals surface area contributed by atoms with Crippen molar-refractivity contribution in [3.8, 4) is 5.88 Å². The van der Waals surface area contributed by atoms with E-state index in [1.54, 1.807) is 24.5 Å². The topological polar surface area (TPSA) is 58.6 Å². The average Bonchev–Trinajstić information content (AvgIpc) is 3.21. The predicted octanol–water partition coefficient (Wildman–Crippen LogP) is 3.13. The van der Waals surface area contributed by atoms with Gasteiger partial charge in [0.15, 0.2) is 0 Å². The second-order valence-corrected chi connectivity index (χ2v) is 7.96. The highest BCUT2D eigenvalue weighted by atomic mass is 35.5. The highest BCUT2D eigenvalue weighted by Gasteiger charge is 2.42. The Morgan fingerprint density at radius 3 is 2.37 bits per heavy atom. The van der Waals surface area contributed by atoms with E-state index in [1.165, 1.54) is 0 Å². The number of ether oxygens (including phenoxy) is 1. The standard InChI is InChI=1S/C20H23ClN4O2/c1-13(2)27-19-6-3-14(7-23-19)20(26)25-11-15-9-24(10-16(15)12-25)18-5-4-17(21)8-22-18/h3-8,13,15-16H,9-12H2,1-2H3. The number of hydrogen-bond donors (Lipinski definition) is 0. The Morgan fingerprint density at radius 1 is 1.07 bits per heavy atom. The van der Waals surface area contributed by atoms with Crippen LogP contribution in [0.3, 0.4) is 0 Å². The van der Waals surface area contributed by atoms with Gasteiger partial charge in [0, 0.05) is 56.5 Å². The SMILES string of the molecule is CC(C)Oc1ccc(C(=O)N2CC3CN(c4ccc(Cl)cn4)CC3C2)cn1. The minimum atomic E-state index is 0.0455. The van der Waals surface area contributed by atoms with Crippen LogP contribution in [0.2, 0.25) is 5.02 Å². The summed E-state index contributed by atoms with van der Waals surface area (Å²) in [7, 11) is 0. The molecule has 7 heteroatoms. The van der Waals surface area contributed by atoms with E-state index in [0.717, 1.165) is 32.0 Å². The van der Waals surface area contributed by atoms with Gasteiger partial charge in [-0.15, -0.1) is 0 Å². The van der Waals surface area contributed by atoms with Crippen molar-refractivity contribution in [3.63, 3.8) is 0 Å². The molecule has 4 heterocycles. The molecule has 2 aliphatic rings. The molecule has 2 fully saturated rings. The number of carbonyl (C=O) groups excluding carboxylic acids is 1. The number of nitrogens with zero attached hydrogens (tertiary/aromatic N) is 4. The third-order valence-electron chi connectivity index (χ3n) is 5.15. The van der Waals surface area contributed by atoms with Crippen LogP contribution in [-0.2, 0) is 0 Å². The van der Waals surface area contributed by atoms with Crippen molar-refractivity contribution in [1.82, 2.24) is 14.9 Å². The minimum absolute atomic E-state index is 0.0455. The normalized spacial score (nSPS) is 21.6. The van der Waals surface area contributed by atoms with E-state index < -0.39 is 0 Å². The summed E-state index contributed by atoms with van der Waals surface area (Å²) < 4.78 is 5.54. The first-order valence-electron chi connectivity index (χ1n) is 9.28. The van der Waals surface area contributed by atoms with Gasteiger partial charge < -0.3 is 14.5 Å². The summed E-state index contributed by atoms with van der Waals surface area (Å²) in [6, 6.07) is 7.38. The van der Waals surface area contributed by atoms with Crippen molar-refractivity contribution < 1.29 is 9.53 Å². The Bertz CT molecular complexity index is 796. The zero-order chi connectivity index (χ0) is 19.0. The molecule has 2 atom stereocenters. The molecule has 2 aromatic heterocycles. The van der Waals surface area contributed by atoms with E-state index in [1.807, 2.05) is 30.9 Å². The second kappa shape index (κ2) is 7.35. The number of halogens is 1. The van der Waals surface area contributed by atoms with Gasteiger partial charge in [-0.25, -0.2) is 9.97 Å². The summed E-state index contributed by atoms with van der Waals surface area (Å²) in [5.74, 6) is 2.50. The Hall–Kier alpha value is -2.34. The van der Waals surface area contributed by atoms with E-state index >= 15 is 0 Å². The summed E-state index contributed by atoms with van der Waals surface area (Å²) in [6.45, 7) is 7.29. The van der Waals surface area contributed by atoms with Gasteiger partial charge in [-0.1, -0.05) is 11.6 Å². The van der Waals surface area contributed by atoms with Crippen LogP contribution in [0.15, 0.2) is 36.7 Å². The van der Waals surface area contributed by atoms with Gasteiger partial charge >= 0.3 is 0 Å². The molecule has 2 unspecified atom stereocenters. The van der Waals surface area contributed by atoms with Gasteiger partial charge in [-0.3, -0.25) is 4.79 Å². The van der Waals surface area contributed by atoms with Gasteiger partial charge in [0.2, 0.25) is 5.88 Å². The lowest BCUT2D eigenvalue weighted by molar-refractivity contribution is 0.0782. The highest BCUT2D eigenvalue weighted by molar-refractivity contribution is 6.30. The van der Waals surface area contributed by atoms with Crippen molar-refractivity contribution in [2.75, 3.05) is 31.1 Å². The lowest BCUT2D eigenvalue weighted by atomic mass is 10.0. The maximum Gasteiger partial charge on any atom is 0.255 e. The van der Waals surface area contributed by atoms with Crippen molar-refractivity contribution >= 4 is 23.3 Å². The van der Waals surface area contributed by atoms with Crippen LogP contribution in [0.25, 0.3) is 0 Å². The van der Waals surface area contributed by atoms with Gasteiger partial charge in [0.1, 0.15) is 5.82 Å². The Kier molecular flexibility index (Phi) is 4.91. The number of hydrogen-bond acceptors (Lipinski definition) is 5. The number of rotatable bonds is 4. The summed E-state index contributed by atoms with van der Waals surface area (Å²) in [5, 5.41) is 0.647. The van der Waals surface area contributed by atoms with E-state index in [0.29, 0.717) is 28.3 Å². The largest absolute Gasteiger partial charge is 0.475 e. The molecule has 0 aliphatic carbocycles. The first-order chi connectivity index (χ1) is 13.0. The van der Waals surface area contributed by atoms with Crippen molar-refractivity contribution in [3.05, 3.63) is 47.2 Å². The minimum Gasteiger partial charge on any atom is -0.475 e. The molecule has 6 nitrogen and oxygen atoms in total. The number of amides is 1. The fourth-order valence-electron chi connectivity index (χ4n) is 3.90. The average molecular weight is 387 g/mol. The molecular formula is C20H23ClN4O2. The monoisotopic (exact) mass is 386 g/mol.